The lowest BCUT2D eigenvalue weighted by Gasteiger charge is -2.38. The molecule has 2 saturated heterocycles. The van der Waals surface area contributed by atoms with Gasteiger partial charge in [-0.15, -0.1) is 0 Å². The molecule has 2 aliphatic heterocycles. The van der Waals surface area contributed by atoms with Crippen molar-refractivity contribution in [2.24, 2.45) is 0 Å². The molecule has 3 aromatic rings. The molecule has 0 saturated carbocycles. The van der Waals surface area contributed by atoms with E-state index >= 15 is 0 Å². The first kappa shape index (κ1) is 30.7. The Bertz CT molecular complexity index is 1630. The third-order valence-corrected chi connectivity index (χ3v) is 11.2. The highest BCUT2D eigenvalue weighted by Crippen LogP contribution is 2.37. The Morgan fingerprint density at radius 2 is 1.88 bits per heavy atom. The van der Waals surface area contributed by atoms with E-state index in [4.69, 9.17) is 14.6 Å². The number of hydrogen-bond donors (Lipinski definition) is 3. The molecule has 0 bridgehead atoms. The summed E-state index contributed by atoms with van der Waals surface area (Å²) in [4.78, 5) is 4.16. The SMILES string of the molecule is O=S(=O)(CCO)c1cc(F)cc(OC[C@@H](O)CN[C@H]2COC3(CCN(S(=O)(=O)c4cnc5ccccc5c4)CC3)C2)c1. The number of ether oxygens (including phenoxy) is 2. The Morgan fingerprint density at radius 3 is 2.64 bits per heavy atom. The van der Waals surface area contributed by atoms with E-state index < -0.39 is 49.7 Å². The maximum Gasteiger partial charge on any atom is 0.244 e. The zero-order chi connectivity index (χ0) is 30.0. The number of piperidine rings is 1. The van der Waals surface area contributed by atoms with Crippen molar-refractivity contribution in [3.63, 3.8) is 0 Å². The van der Waals surface area contributed by atoms with Crippen molar-refractivity contribution in [1.29, 1.82) is 0 Å². The van der Waals surface area contributed by atoms with Crippen molar-refractivity contribution in [1.82, 2.24) is 14.6 Å². The van der Waals surface area contributed by atoms with E-state index in [-0.39, 0.29) is 34.7 Å². The van der Waals surface area contributed by atoms with Gasteiger partial charge in [-0.05, 0) is 43.5 Å². The average molecular weight is 624 g/mol. The number of benzene rings is 2. The van der Waals surface area contributed by atoms with Crippen molar-refractivity contribution in [2.45, 2.75) is 46.8 Å². The molecule has 0 aliphatic carbocycles. The van der Waals surface area contributed by atoms with Crippen LogP contribution < -0.4 is 10.1 Å². The standard InChI is InChI=1S/C28H34FN3O8S2/c29-21-12-24(14-25(13-21)41(35,36)10-9-33)39-19-23(34)16-30-22-15-28(40-18-22)5-7-32(8-6-28)42(37,38)26-11-20-3-1-2-4-27(20)31-17-26/h1-4,11-14,17,22-23,30,33-34H,5-10,15-16,18-19H2/t22-,23+/m1/s1. The van der Waals surface area contributed by atoms with Gasteiger partial charge in [0, 0.05) is 43.3 Å². The van der Waals surface area contributed by atoms with Crippen LogP contribution in [0.15, 0.2) is 64.5 Å². The lowest BCUT2D eigenvalue weighted by Crippen LogP contribution is -2.47. The van der Waals surface area contributed by atoms with Crippen molar-refractivity contribution in [2.75, 3.05) is 45.2 Å². The molecule has 0 radical (unpaired) electrons. The van der Waals surface area contributed by atoms with Gasteiger partial charge in [0.25, 0.3) is 0 Å². The summed E-state index contributed by atoms with van der Waals surface area (Å²) in [6.07, 6.45) is 2.17. The summed E-state index contributed by atoms with van der Waals surface area (Å²) in [5, 5.41) is 23.4. The minimum Gasteiger partial charge on any atom is -0.491 e. The van der Waals surface area contributed by atoms with E-state index in [0.717, 1.165) is 29.1 Å². The zero-order valence-electron chi connectivity index (χ0n) is 22.9. The zero-order valence-corrected chi connectivity index (χ0v) is 24.5. The molecular formula is C28H34FN3O8S2. The number of fused-ring (bicyclic) bond motifs is 1. The largest absolute Gasteiger partial charge is 0.491 e. The Kier molecular flexibility index (Phi) is 9.13. The highest BCUT2D eigenvalue weighted by atomic mass is 32.2. The molecule has 3 heterocycles. The molecule has 5 rings (SSSR count). The number of para-hydroxylation sites is 1. The predicted octanol–water partition coefficient (Wildman–Crippen LogP) is 1.48. The Morgan fingerprint density at radius 1 is 1.12 bits per heavy atom. The minimum atomic E-state index is -3.86. The number of nitrogens with zero attached hydrogens (tertiary/aromatic N) is 2. The predicted molar refractivity (Wildman–Crippen MR) is 152 cm³/mol. The Labute approximate surface area is 244 Å². The van der Waals surface area contributed by atoms with Crippen molar-refractivity contribution >= 4 is 30.8 Å². The summed E-state index contributed by atoms with van der Waals surface area (Å²) in [6, 6.07) is 12.0. The summed E-state index contributed by atoms with van der Waals surface area (Å²) in [5.41, 5.74) is 0.279. The van der Waals surface area contributed by atoms with E-state index in [9.17, 15) is 26.3 Å². The van der Waals surface area contributed by atoms with Crippen LogP contribution in [-0.2, 0) is 24.6 Å². The quantitative estimate of drug-likeness (QED) is 0.286. The number of aliphatic hydroxyl groups excluding tert-OH is 2. The molecule has 228 valence electrons. The minimum absolute atomic E-state index is 0.0464. The molecule has 2 aromatic carbocycles. The van der Waals surface area contributed by atoms with Crippen LogP contribution in [0.5, 0.6) is 5.75 Å². The summed E-state index contributed by atoms with van der Waals surface area (Å²) >= 11 is 0. The first-order valence-electron chi connectivity index (χ1n) is 13.7. The maximum atomic E-state index is 13.9. The first-order valence-corrected chi connectivity index (χ1v) is 16.8. The fourth-order valence-corrected chi connectivity index (χ4v) is 7.88. The number of aromatic nitrogens is 1. The normalized spacial score (nSPS) is 20.2. The summed E-state index contributed by atoms with van der Waals surface area (Å²) in [6.45, 7) is 0.413. The van der Waals surface area contributed by atoms with Crippen LogP contribution in [-0.4, -0.2) is 99.3 Å². The second kappa shape index (κ2) is 12.5. The highest BCUT2D eigenvalue weighted by molar-refractivity contribution is 7.91. The van der Waals surface area contributed by atoms with Crippen molar-refractivity contribution in [3.8, 4) is 5.75 Å². The number of hydrogen-bond acceptors (Lipinski definition) is 10. The van der Waals surface area contributed by atoms with Gasteiger partial charge in [-0.1, -0.05) is 18.2 Å². The molecule has 1 aromatic heterocycles. The molecule has 0 amide bonds. The Hall–Kier alpha value is -2.72. The van der Waals surface area contributed by atoms with E-state index in [2.05, 4.69) is 10.3 Å². The Balaban J connectivity index is 1.10. The number of sulfonamides is 1. The van der Waals surface area contributed by atoms with E-state index in [0.29, 0.717) is 39.0 Å². The molecule has 0 unspecified atom stereocenters. The maximum absolute atomic E-state index is 13.9. The van der Waals surface area contributed by atoms with Gasteiger partial charge >= 0.3 is 0 Å². The summed E-state index contributed by atoms with van der Waals surface area (Å²) in [5.74, 6) is -1.39. The number of aliphatic hydroxyl groups is 2. The summed E-state index contributed by atoms with van der Waals surface area (Å²) in [7, 11) is -7.56. The van der Waals surface area contributed by atoms with Crippen molar-refractivity contribution in [3.05, 3.63) is 60.5 Å². The molecule has 14 heteroatoms. The van der Waals surface area contributed by atoms with Gasteiger partial charge in [-0.2, -0.15) is 4.31 Å². The van der Waals surface area contributed by atoms with Gasteiger partial charge in [0.1, 0.15) is 29.2 Å². The number of nitrogens with one attached hydrogen (secondary N) is 1. The van der Waals surface area contributed by atoms with Crippen LogP contribution >= 0.6 is 0 Å². The first-order chi connectivity index (χ1) is 20.0. The fourth-order valence-electron chi connectivity index (χ4n) is 5.39. The lowest BCUT2D eigenvalue weighted by molar-refractivity contribution is -0.0312. The molecule has 1 spiro atoms. The van der Waals surface area contributed by atoms with Gasteiger partial charge in [-0.3, -0.25) is 4.98 Å². The van der Waals surface area contributed by atoms with Crippen LogP contribution in [0.3, 0.4) is 0 Å². The van der Waals surface area contributed by atoms with E-state index in [1.807, 2.05) is 24.3 Å². The van der Waals surface area contributed by atoms with E-state index in [1.54, 1.807) is 6.07 Å². The van der Waals surface area contributed by atoms with Crippen LogP contribution in [0.4, 0.5) is 4.39 Å². The van der Waals surface area contributed by atoms with E-state index in [1.165, 1.54) is 10.5 Å². The number of sulfone groups is 1. The van der Waals surface area contributed by atoms with Crippen LogP contribution in [0.1, 0.15) is 19.3 Å². The topological polar surface area (TPSA) is 155 Å². The van der Waals surface area contributed by atoms with Gasteiger partial charge in [0.2, 0.25) is 10.0 Å². The smallest absolute Gasteiger partial charge is 0.244 e. The van der Waals surface area contributed by atoms with Gasteiger partial charge in [0.05, 0.1) is 35.0 Å². The molecular weight excluding hydrogens is 589 g/mol. The molecule has 11 nitrogen and oxygen atoms in total. The molecule has 2 aliphatic rings. The number of halogens is 1. The lowest BCUT2D eigenvalue weighted by atomic mass is 9.88. The number of pyridine rings is 1. The van der Waals surface area contributed by atoms with Crippen LogP contribution in [0.25, 0.3) is 10.9 Å². The third kappa shape index (κ3) is 6.91. The molecule has 42 heavy (non-hydrogen) atoms. The molecule has 2 atom stereocenters. The third-order valence-electron chi connectivity index (χ3n) is 7.69. The molecule has 3 N–H and O–H groups in total. The monoisotopic (exact) mass is 623 g/mol. The van der Waals surface area contributed by atoms with Crippen molar-refractivity contribution < 1.29 is 40.9 Å². The van der Waals surface area contributed by atoms with Crippen LogP contribution in [0, 0.1) is 5.82 Å². The second-order valence-electron chi connectivity index (χ2n) is 10.7. The second-order valence-corrected chi connectivity index (χ2v) is 14.7. The average Bonchev–Trinajstić information content (AvgIpc) is 3.36. The van der Waals surface area contributed by atoms with Gasteiger partial charge in [0.15, 0.2) is 9.84 Å². The fraction of sp³-hybridized carbons (Fsp3) is 0.464. The van der Waals surface area contributed by atoms with Crippen LogP contribution in [0.2, 0.25) is 0 Å². The molecule has 2 fully saturated rings. The highest BCUT2D eigenvalue weighted by Gasteiger charge is 2.44. The van der Waals surface area contributed by atoms with Gasteiger partial charge in [-0.25, -0.2) is 21.2 Å². The van der Waals surface area contributed by atoms with Gasteiger partial charge < -0.3 is 25.0 Å². The summed E-state index contributed by atoms with van der Waals surface area (Å²) < 4.78 is 77.8. The number of rotatable bonds is 11.